The van der Waals surface area contributed by atoms with Crippen LogP contribution in [0.4, 0.5) is 10.9 Å². The van der Waals surface area contributed by atoms with E-state index in [4.69, 9.17) is 18.0 Å². The van der Waals surface area contributed by atoms with E-state index in [0.717, 1.165) is 10.6 Å². The zero-order valence-electron chi connectivity index (χ0n) is 12.4. The number of carbonyl (C=O) groups is 1. The highest BCUT2D eigenvalue weighted by atomic mass is 32.1. The zero-order chi connectivity index (χ0) is 16.4. The summed E-state index contributed by atoms with van der Waals surface area (Å²) in [6.07, 6.45) is 0. The number of anilines is 2. The van der Waals surface area contributed by atoms with Crippen molar-refractivity contribution < 1.29 is 4.79 Å². The monoisotopic (exact) mass is 345 g/mol. The van der Waals surface area contributed by atoms with Crippen molar-refractivity contribution >= 4 is 40.3 Å². The number of nitrogens with zero attached hydrogens (tertiary/aromatic N) is 3. The summed E-state index contributed by atoms with van der Waals surface area (Å²) in [5, 5.41) is 6.98. The van der Waals surface area contributed by atoms with Gasteiger partial charge in [0.1, 0.15) is 11.5 Å². The molecule has 2 heterocycles. The topological polar surface area (TPSA) is 77.9 Å². The average molecular weight is 345 g/mol. The molecule has 0 aliphatic heterocycles. The SMILES string of the molecule is Cc1cccc(C(=O)Cn2nc(N)n(Nc3cccs3)c2=S)c1. The smallest absolute Gasteiger partial charge is 0.240 e. The third kappa shape index (κ3) is 3.33. The molecule has 3 aromatic rings. The first-order valence-electron chi connectivity index (χ1n) is 6.90. The van der Waals surface area contributed by atoms with Gasteiger partial charge in [0, 0.05) is 5.56 Å². The molecule has 0 fully saturated rings. The van der Waals surface area contributed by atoms with Crippen LogP contribution in [0.25, 0.3) is 0 Å². The Morgan fingerprint density at radius 1 is 1.39 bits per heavy atom. The lowest BCUT2D eigenvalue weighted by Gasteiger charge is -2.05. The average Bonchev–Trinajstić information content (AvgIpc) is 3.12. The third-order valence-electron chi connectivity index (χ3n) is 3.24. The lowest BCUT2D eigenvalue weighted by Crippen LogP contribution is -2.14. The molecule has 0 unspecified atom stereocenters. The summed E-state index contributed by atoms with van der Waals surface area (Å²) >= 11 is 6.87. The van der Waals surface area contributed by atoms with Crippen molar-refractivity contribution in [3.63, 3.8) is 0 Å². The van der Waals surface area contributed by atoms with E-state index < -0.39 is 0 Å². The Morgan fingerprint density at radius 2 is 2.22 bits per heavy atom. The second kappa shape index (κ2) is 6.35. The molecular weight excluding hydrogens is 330 g/mol. The quantitative estimate of drug-likeness (QED) is 0.549. The number of carbonyl (C=O) groups excluding carboxylic acids is 1. The Labute approximate surface area is 142 Å². The lowest BCUT2D eigenvalue weighted by atomic mass is 10.1. The number of rotatable bonds is 5. The molecule has 118 valence electrons. The molecule has 0 atom stereocenters. The highest BCUT2D eigenvalue weighted by molar-refractivity contribution is 7.71. The van der Waals surface area contributed by atoms with Gasteiger partial charge in [-0.25, -0.2) is 4.68 Å². The van der Waals surface area contributed by atoms with Gasteiger partial charge in [-0.2, -0.15) is 4.68 Å². The molecule has 0 spiro atoms. The van der Waals surface area contributed by atoms with Crippen molar-refractivity contribution in [3.05, 3.63) is 57.7 Å². The van der Waals surface area contributed by atoms with E-state index in [1.807, 2.05) is 42.6 Å². The fraction of sp³-hybridized carbons (Fsp3) is 0.133. The van der Waals surface area contributed by atoms with Crippen LogP contribution in [0.5, 0.6) is 0 Å². The van der Waals surface area contributed by atoms with Crippen LogP contribution in [0, 0.1) is 11.7 Å². The minimum atomic E-state index is -0.0643. The van der Waals surface area contributed by atoms with Gasteiger partial charge in [0.25, 0.3) is 0 Å². The number of benzene rings is 1. The number of aryl methyl sites for hydroxylation is 1. The molecule has 2 aromatic heterocycles. The van der Waals surface area contributed by atoms with Crippen LogP contribution in [0.2, 0.25) is 0 Å². The number of ketones is 1. The Morgan fingerprint density at radius 3 is 2.91 bits per heavy atom. The van der Waals surface area contributed by atoms with Gasteiger partial charge in [0.15, 0.2) is 5.78 Å². The molecule has 0 amide bonds. The van der Waals surface area contributed by atoms with Crippen LogP contribution in [0.15, 0.2) is 41.8 Å². The van der Waals surface area contributed by atoms with Crippen molar-refractivity contribution in [3.8, 4) is 0 Å². The fourth-order valence-corrected chi connectivity index (χ4v) is 2.98. The number of thiophene rings is 1. The summed E-state index contributed by atoms with van der Waals surface area (Å²) in [4.78, 5) is 12.4. The fourth-order valence-electron chi connectivity index (χ4n) is 2.13. The maximum atomic E-state index is 12.4. The van der Waals surface area contributed by atoms with Crippen molar-refractivity contribution in [1.29, 1.82) is 0 Å². The number of aromatic nitrogens is 3. The lowest BCUT2D eigenvalue weighted by molar-refractivity contribution is 0.0967. The van der Waals surface area contributed by atoms with Gasteiger partial charge in [-0.3, -0.25) is 10.2 Å². The normalized spacial score (nSPS) is 10.7. The van der Waals surface area contributed by atoms with Gasteiger partial charge in [0.2, 0.25) is 10.7 Å². The standard InChI is InChI=1S/C15H15N5OS2/c1-10-4-2-5-11(8-10)12(21)9-19-15(22)20(14(16)18-19)17-13-6-3-7-23-13/h2-8,17H,9H2,1H3,(H2,16,18). The maximum Gasteiger partial charge on any atom is 0.240 e. The van der Waals surface area contributed by atoms with Gasteiger partial charge in [-0.1, -0.05) is 23.8 Å². The number of nitrogens with two attached hydrogens (primary N) is 1. The van der Waals surface area contributed by atoms with Gasteiger partial charge in [0.05, 0.1) is 0 Å². The van der Waals surface area contributed by atoms with E-state index in [2.05, 4.69) is 10.5 Å². The zero-order valence-corrected chi connectivity index (χ0v) is 14.0. The number of hydrogen-bond donors (Lipinski definition) is 2. The van der Waals surface area contributed by atoms with Crippen molar-refractivity contribution in [2.75, 3.05) is 11.2 Å². The number of nitrogens with one attached hydrogen (secondary N) is 1. The van der Waals surface area contributed by atoms with Crippen LogP contribution < -0.4 is 11.2 Å². The van der Waals surface area contributed by atoms with Gasteiger partial charge in [-0.15, -0.1) is 16.4 Å². The summed E-state index contributed by atoms with van der Waals surface area (Å²) < 4.78 is 3.26. The highest BCUT2D eigenvalue weighted by Crippen LogP contribution is 2.17. The number of hydrogen-bond acceptors (Lipinski definition) is 6. The van der Waals surface area contributed by atoms with Gasteiger partial charge < -0.3 is 5.73 Å². The molecule has 0 bridgehead atoms. The molecule has 1 aromatic carbocycles. The minimum Gasteiger partial charge on any atom is -0.366 e. The summed E-state index contributed by atoms with van der Waals surface area (Å²) in [5.41, 5.74) is 10.6. The highest BCUT2D eigenvalue weighted by Gasteiger charge is 2.13. The van der Waals surface area contributed by atoms with Gasteiger partial charge in [-0.05, 0) is 42.7 Å². The second-order valence-electron chi connectivity index (χ2n) is 5.02. The molecular formula is C15H15N5OS2. The summed E-state index contributed by atoms with van der Waals surface area (Å²) in [6.45, 7) is 1.99. The van der Waals surface area contributed by atoms with Crippen molar-refractivity contribution in [2.24, 2.45) is 0 Å². The Kier molecular flexibility index (Phi) is 4.26. The first kappa shape index (κ1) is 15.4. The molecule has 23 heavy (non-hydrogen) atoms. The largest absolute Gasteiger partial charge is 0.366 e. The van der Waals surface area contributed by atoms with E-state index in [1.165, 1.54) is 20.7 Å². The molecule has 6 nitrogen and oxygen atoms in total. The van der Waals surface area contributed by atoms with Crippen LogP contribution in [-0.2, 0) is 6.54 Å². The molecule has 3 N–H and O–H groups in total. The first-order chi connectivity index (χ1) is 11.0. The van der Waals surface area contributed by atoms with Crippen molar-refractivity contribution in [2.45, 2.75) is 13.5 Å². The number of nitrogen functional groups attached to an aromatic ring is 1. The van der Waals surface area contributed by atoms with E-state index >= 15 is 0 Å². The van der Waals surface area contributed by atoms with E-state index in [9.17, 15) is 4.79 Å². The summed E-state index contributed by atoms with van der Waals surface area (Å²) in [7, 11) is 0. The Balaban J connectivity index is 1.84. The maximum absolute atomic E-state index is 12.4. The van der Waals surface area contributed by atoms with E-state index in [-0.39, 0.29) is 18.3 Å². The number of Topliss-reactive ketones (excluding diaryl/α,β-unsaturated/α-hetero) is 1. The third-order valence-corrected chi connectivity index (χ3v) is 4.41. The van der Waals surface area contributed by atoms with E-state index in [0.29, 0.717) is 10.3 Å². The van der Waals surface area contributed by atoms with Crippen LogP contribution >= 0.6 is 23.6 Å². The van der Waals surface area contributed by atoms with Crippen LogP contribution in [0.1, 0.15) is 15.9 Å². The van der Waals surface area contributed by atoms with E-state index in [1.54, 1.807) is 6.07 Å². The molecule has 0 aliphatic carbocycles. The Bertz CT molecular complexity index is 895. The molecule has 0 saturated carbocycles. The van der Waals surface area contributed by atoms with Crippen LogP contribution in [-0.4, -0.2) is 20.2 Å². The molecule has 0 aliphatic rings. The Hall–Kier alpha value is -2.45. The van der Waals surface area contributed by atoms with Crippen molar-refractivity contribution in [1.82, 2.24) is 14.5 Å². The predicted molar refractivity (Wildman–Crippen MR) is 94.3 cm³/mol. The molecule has 0 radical (unpaired) electrons. The molecule has 0 saturated heterocycles. The summed E-state index contributed by atoms with van der Waals surface area (Å²) in [6, 6.07) is 11.2. The summed E-state index contributed by atoms with van der Waals surface area (Å²) in [5.74, 6) is 0.144. The minimum absolute atomic E-state index is 0.0472. The predicted octanol–water partition coefficient (Wildman–Crippen LogP) is 3.12. The van der Waals surface area contributed by atoms with Crippen LogP contribution in [0.3, 0.4) is 0 Å². The second-order valence-corrected chi connectivity index (χ2v) is 6.33. The first-order valence-corrected chi connectivity index (χ1v) is 8.19. The molecule has 3 rings (SSSR count). The molecule has 8 heteroatoms. The van der Waals surface area contributed by atoms with Gasteiger partial charge >= 0.3 is 0 Å².